The number of anilines is 1. The molecule has 2 unspecified atom stereocenters. The smallest absolute Gasteiger partial charge is 0.264 e. The molecule has 8 nitrogen and oxygen atoms in total. The summed E-state index contributed by atoms with van der Waals surface area (Å²) in [6.07, 6.45) is 0.856. The quantitative estimate of drug-likeness (QED) is 0.196. The lowest BCUT2D eigenvalue weighted by atomic mass is 10.0. The molecule has 0 aliphatic carbocycles. The summed E-state index contributed by atoms with van der Waals surface area (Å²) in [4.78, 5) is 29.7. The second-order valence-electron chi connectivity index (χ2n) is 10.7. The van der Waals surface area contributed by atoms with Gasteiger partial charge >= 0.3 is 0 Å². The molecular weight excluding hydrogens is 593 g/mol. The summed E-state index contributed by atoms with van der Waals surface area (Å²) in [5, 5.41) is 3.00. The maximum absolute atomic E-state index is 14.5. The second-order valence-corrected chi connectivity index (χ2v) is 12.6. The van der Waals surface area contributed by atoms with Gasteiger partial charge in [0, 0.05) is 25.1 Å². The Balaban J connectivity index is 1.81. The number of hydrogen-bond donors (Lipinski definition) is 1. The predicted molar refractivity (Wildman–Crippen MR) is 173 cm³/mol. The number of ether oxygens (including phenoxy) is 1. The molecule has 45 heavy (non-hydrogen) atoms. The van der Waals surface area contributed by atoms with Crippen molar-refractivity contribution in [3.63, 3.8) is 0 Å². The number of carbonyl (C=O) groups is 2. The number of rotatable bonds is 14. The van der Waals surface area contributed by atoms with Gasteiger partial charge in [0.1, 0.15) is 24.2 Å². The lowest BCUT2D eigenvalue weighted by molar-refractivity contribution is -0.140. The molecule has 1 N–H and O–H groups in total. The van der Waals surface area contributed by atoms with Crippen molar-refractivity contribution in [1.82, 2.24) is 10.2 Å². The molecule has 2 amide bonds. The summed E-state index contributed by atoms with van der Waals surface area (Å²) < 4.78 is 48.3. The van der Waals surface area contributed by atoms with E-state index in [4.69, 9.17) is 4.74 Å². The minimum atomic E-state index is -4.23. The van der Waals surface area contributed by atoms with Crippen molar-refractivity contribution in [1.29, 1.82) is 0 Å². The number of carbonyl (C=O) groups excluding carboxylic acids is 2. The van der Waals surface area contributed by atoms with Crippen LogP contribution in [-0.2, 0) is 32.6 Å². The Hall–Kier alpha value is -4.70. The third kappa shape index (κ3) is 8.69. The third-order valence-electron chi connectivity index (χ3n) is 7.49. The molecule has 10 heteroatoms. The zero-order chi connectivity index (χ0) is 32.4. The van der Waals surface area contributed by atoms with Crippen LogP contribution in [0.4, 0.5) is 10.1 Å². The van der Waals surface area contributed by atoms with E-state index in [1.54, 1.807) is 48.5 Å². The number of sulfonamides is 1. The Kier molecular flexibility index (Phi) is 11.3. The summed E-state index contributed by atoms with van der Waals surface area (Å²) in [5.74, 6) is -1.01. The summed E-state index contributed by atoms with van der Waals surface area (Å²) in [7, 11) is -2.77. The first-order chi connectivity index (χ1) is 21.6. The van der Waals surface area contributed by atoms with E-state index in [0.29, 0.717) is 17.7 Å². The van der Waals surface area contributed by atoms with E-state index < -0.39 is 34.3 Å². The van der Waals surface area contributed by atoms with Gasteiger partial charge in [0.15, 0.2) is 0 Å². The zero-order valence-electron chi connectivity index (χ0n) is 25.6. The van der Waals surface area contributed by atoms with Crippen molar-refractivity contribution in [3.05, 3.63) is 126 Å². The second kappa shape index (κ2) is 15.3. The lowest BCUT2D eigenvalue weighted by Crippen LogP contribution is -2.54. The summed E-state index contributed by atoms with van der Waals surface area (Å²) in [5.41, 5.74) is 1.62. The maximum atomic E-state index is 14.5. The molecule has 0 heterocycles. The third-order valence-corrected chi connectivity index (χ3v) is 9.28. The first-order valence-electron chi connectivity index (χ1n) is 14.7. The average Bonchev–Trinajstić information content (AvgIpc) is 3.06. The molecule has 4 aromatic carbocycles. The molecule has 0 aliphatic heterocycles. The van der Waals surface area contributed by atoms with E-state index in [9.17, 15) is 22.4 Å². The van der Waals surface area contributed by atoms with Crippen LogP contribution >= 0.6 is 0 Å². The van der Waals surface area contributed by atoms with Crippen molar-refractivity contribution in [2.75, 3.05) is 18.0 Å². The van der Waals surface area contributed by atoms with Crippen molar-refractivity contribution in [3.8, 4) is 5.75 Å². The van der Waals surface area contributed by atoms with E-state index in [2.05, 4.69) is 5.32 Å². The number of benzene rings is 4. The van der Waals surface area contributed by atoms with E-state index >= 15 is 0 Å². The van der Waals surface area contributed by atoms with E-state index in [1.165, 1.54) is 42.3 Å². The van der Waals surface area contributed by atoms with Crippen LogP contribution in [0.5, 0.6) is 5.75 Å². The topological polar surface area (TPSA) is 96.0 Å². The normalized spacial score (nSPS) is 12.5. The van der Waals surface area contributed by atoms with E-state index in [-0.39, 0.29) is 35.5 Å². The molecule has 4 aromatic rings. The fraction of sp³-hybridized carbons (Fsp3) is 0.257. The molecular formula is C35H38FN3O5S. The van der Waals surface area contributed by atoms with Crippen LogP contribution in [-0.4, -0.2) is 50.9 Å². The van der Waals surface area contributed by atoms with Crippen LogP contribution in [0.25, 0.3) is 0 Å². The van der Waals surface area contributed by atoms with Crippen LogP contribution in [0.15, 0.2) is 114 Å². The lowest BCUT2D eigenvalue weighted by Gasteiger charge is -2.34. The van der Waals surface area contributed by atoms with Crippen molar-refractivity contribution < 1.29 is 27.1 Å². The first kappa shape index (κ1) is 33.2. The van der Waals surface area contributed by atoms with Crippen LogP contribution in [0.1, 0.15) is 31.4 Å². The Bertz CT molecular complexity index is 1670. The number of nitrogens with zero attached hydrogens (tertiary/aromatic N) is 2. The Morgan fingerprint density at radius 1 is 0.867 bits per heavy atom. The molecule has 0 aromatic heterocycles. The molecule has 236 valence electrons. The van der Waals surface area contributed by atoms with Crippen LogP contribution < -0.4 is 14.4 Å². The van der Waals surface area contributed by atoms with Crippen molar-refractivity contribution in [2.45, 2.75) is 50.2 Å². The van der Waals surface area contributed by atoms with Gasteiger partial charge in [0.25, 0.3) is 10.0 Å². The number of hydrogen-bond acceptors (Lipinski definition) is 5. The van der Waals surface area contributed by atoms with Crippen LogP contribution in [0.3, 0.4) is 0 Å². The van der Waals surface area contributed by atoms with Gasteiger partial charge in [0.2, 0.25) is 11.8 Å². The first-order valence-corrected chi connectivity index (χ1v) is 16.2. The molecule has 0 bridgehead atoms. The highest BCUT2D eigenvalue weighted by atomic mass is 32.2. The van der Waals surface area contributed by atoms with Gasteiger partial charge in [-0.25, -0.2) is 12.8 Å². The molecule has 4 rings (SSSR count). The minimum Gasteiger partial charge on any atom is -0.497 e. The predicted octanol–water partition coefficient (Wildman–Crippen LogP) is 5.58. The molecule has 0 fully saturated rings. The SMILES string of the molecule is CCC(C)NC(=O)C(Cc1ccccc1)N(Cc1ccc(F)cc1)C(=O)CN(c1cccc(OC)c1)S(=O)(=O)c1ccccc1. The molecule has 0 aliphatic rings. The van der Waals surface area contributed by atoms with Crippen molar-refractivity contribution >= 4 is 27.5 Å². The molecule has 0 radical (unpaired) electrons. The van der Waals surface area contributed by atoms with Gasteiger partial charge in [0.05, 0.1) is 17.7 Å². The fourth-order valence-corrected chi connectivity index (χ4v) is 6.22. The molecule has 0 saturated carbocycles. The zero-order valence-corrected chi connectivity index (χ0v) is 26.4. The van der Waals surface area contributed by atoms with Crippen LogP contribution in [0, 0.1) is 5.82 Å². The van der Waals surface area contributed by atoms with Gasteiger partial charge in [-0.15, -0.1) is 0 Å². The summed E-state index contributed by atoms with van der Waals surface area (Å²) in [6.45, 7) is 3.16. The van der Waals surface area contributed by atoms with Gasteiger partial charge in [-0.1, -0.05) is 73.7 Å². The highest BCUT2D eigenvalue weighted by molar-refractivity contribution is 7.92. The largest absolute Gasteiger partial charge is 0.497 e. The number of methoxy groups -OCH3 is 1. The monoisotopic (exact) mass is 631 g/mol. The van der Waals surface area contributed by atoms with Gasteiger partial charge < -0.3 is 15.0 Å². The fourth-order valence-electron chi connectivity index (χ4n) is 4.80. The highest BCUT2D eigenvalue weighted by Crippen LogP contribution is 2.28. The Labute approximate surface area is 264 Å². The Morgan fingerprint density at radius 2 is 1.51 bits per heavy atom. The summed E-state index contributed by atoms with van der Waals surface area (Å²) in [6, 6.07) is 28.1. The average molecular weight is 632 g/mol. The van der Waals surface area contributed by atoms with Crippen molar-refractivity contribution in [2.24, 2.45) is 0 Å². The van der Waals surface area contributed by atoms with E-state index in [1.807, 2.05) is 44.2 Å². The summed E-state index contributed by atoms with van der Waals surface area (Å²) >= 11 is 0. The maximum Gasteiger partial charge on any atom is 0.264 e. The number of amides is 2. The minimum absolute atomic E-state index is 0.000976. The van der Waals surface area contributed by atoms with Gasteiger partial charge in [-0.3, -0.25) is 13.9 Å². The van der Waals surface area contributed by atoms with Gasteiger partial charge in [-0.2, -0.15) is 0 Å². The molecule has 0 spiro atoms. The van der Waals surface area contributed by atoms with E-state index in [0.717, 1.165) is 9.87 Å². The van der Waals surface area contributed by atoms with Gasteiger partial charge in [-0.05, 0) is 60.9 Å². The highest BCUT2D eigenvalue weighted by Gasteiger charge is 2.35. The molecule has 2 atom stereocenters. The standard InChI is InChI=1S/C35H38FN3O5S/c1-4-26(2)37-35(41)33(22-27-12-7-5-8-13-27)38(24-28-18-20-29(36)21-19-28)34(40)25-39(30-14-11-15-31(23-30)44-3)45(42,43)32-16-9-6-10-17-32/h5-21,23,26,33H,4,22,24-25H2,1-3H3,(H,37,41). The molecule has 0 saturated heterocycles. The number of halogens is 1. The Morgan fingerprint density at radius 3 is 2.13 bits per heavy atom. The van der Waals surface area contributed by atoms with Crippen LogP contribution in [0.2, 0.25) is 0 Å². The number of nitrogens with one attached hydrogen (secondary N) is 1.